The second kappa shape index (κ2) is 7.24. The molecule has 0 radical (unpaired) electrons. The van der Waals surface area contributed by atoms with Crippen molar-refractivity contribution in [3.05, 3.63) is 29.8 Å². The number of hydrogen-bond acceptors (Lipinski definition) is 3. The number of rotatable bonds is 2. The Hall–Kier alpha value is -1.62. The Balaban J connectivity index is 1.95. The minimum absolute atomic E-state index is 0.327. The second-order valence-electron chi connectivity index (χ2n) is 4.90. The highest BCUT2D eigenvalue weighted by molar-refractivity contribution is 7.80. The first-order chi connectivity index (χ1) is 9.70. The van der Waals surface area contributed by atoms with Gasteiger partial charge in [0.25, 0.3) is 0 Å². The SMILES string of the molecule is COC(=O)c1ccc(NC(=S)N2CCCCCC2)cc1. The lowest BCUT2D eigenvalue weighted by atomic mass is 10.2. The van der Waals surface area contributed by atoms with Crippen molar-refractivity contribution in [2.45, 2.75) is 25.7 Å². The molecule has 1 heterocycles. The first kappa shape index (κ1) is 14.8. The van der Waals surface area contributed by atoms with Gasteiger partial charge in [-0.15, -0.1) is 0 Å². The van der Waals surface area contributed by atoms with E-state index < -0.39 is 0 Å². The van der Waals surface area contributed by atoms with Gasteiger partial charge in [0.2, 0.25) is 0 Å². The monoisotopic (exact) mass is 292 g/mol. The van der Waals surface area contributed by atoms with E-state index in [4.69, 9.17) is 12.2 Å². The van der Waals surface area contributed by atoms with Crippen LogP contribution in [0.1, 0.15) is 36.0 Å². The number of carbonyl (C=O) groups is 1. The van der Waals surface area contributed by atoms with E-state index in [1.807, 2.05) is 12.1 Å². The molecule has 1 aromatic carbocycles. The summed E-state index contributed by atoms with van der Waals surface area (Å²) in [6.07, 6.45) is 4.96. The van der Waals surface area contributed by atoms with Crippen LogP contribution in [-0.4, -0.2) is 36.2 Å². The zero-order valence-electron chi connectivity index (χ0n) is 11.7. The van der Waals surface area contributed by atoms with Crippen LogP contribution in [-0.2, 0) is 4.74 Å². The predicted molar refractivity (Wildman–Crippen MR) is 84.0 cm³/mol. The third-order valence-electron chi connectivity index (χ3n) is 3.45. The van der Waals surface area contributed by atoms with E-state index in [1.54, 1.807) is 12.1 Å². The molecule has 0 aliphatic carbocycles. The normalized spacial score (nSPS) is 15.3. The molecule has 108 valence electrons. The number of likely N-dealkylation sites (tertiary alicyclic amines) is 1. The number of thiocarbonyl (C=S) groups is 1. The van der Waals surface area contributed by atoms with Crippen molar-refractivity contribution in [2.24, 2.45) is 0 Å². The number of methoxy groups -OCH3 is 1. The van der Waals surface area contributed by atoms with Crippen molar-refractivity contribution in [2.75, 3.05) is 25.5 Å². The van der Waals surface area contributed by atoms with E-state index in [1.165, 1.54) is 32.8 Å². The van der Waals surface area contributed by atoms with Crippen LogP contribution in [0.5, 0.6) is 0 Å². The van der Waals surface area contributed by atoms with Crippen LogP contribution in [0.25, 0.3) is 0 Å². The van der Waals surface area contributed by atoms with Crippen molar-refractivity contribution < 1.29 is 9.53 Å². The smallest absolute Gasteiger partial charge is 0.337 e. The van der Waals surface area contributed by atoms with Crippen molar-refractivity contribution in [3.8, 4) is 0 Å². The van der Waals surface area contributed by atoms with Gasteiger partial charge >= 0.3 is 5.97 Å². The van der Waals surface area contributed by atoms with Gasteiger partial charge in [-0.3, -0.25) is 0 Å². The number of ether oxygens (including phenoxy) is 1. The molecular weight excluding hydrogens is 272 g/mol. The molecule has 20 heavy (non-hydrogen) atoms. The fraction of sp³-hybridized carbons (Fsp3) is 0.467. The van der Waals surface area contributed by atoms with Gasteiger partial charge in [0.15, 0.2) is 5.11 Å². The average molecular weight is 292 g/mol. The predicted octanol–water partition coefficient (Wildman–Crippen LogP) is 3.05. The summed E-state index contributed by atoms with van der Waals surface area (Å²) in [5.74, 6) is -0.327. The summed E-state index contributed by atoms with van der Waals surface area (Å²) in [7, 11) is 1.38. The first-order valence-electron chi connectivity index (χ1n) is 6.95. The molecule has 1 N–H and O–H groups in total. The molecule has 1 aliphatic rings. The molecule has 0 atom stereocenters. The number of esters is 1. The third kappa shape index (κ3) is 3.93. The zero-order valence-corrected chi connectivity index (χ0v) is 12.5. The summed E-state index contributed by atoms with van der Waals surface area (Å²) < 4.78 is 4.67. The van der Waals surface area contributed by atoms with Gasteiger partial charge in [0.1, 0.15) is 0 Å². The maximum atomic E-state index is 11.4. The fourth-order valence-electron chi connectivity index (χ4n) is 2.28. The Labute approximate surface area is 125 Å². The van der Waals surface area contributed by atoms with E-state index in [0.717, 1.165) is 23.9 Å². The molecule has 4 nitrogen and oxygen atoms in total. The standard InChI is InChI=1S/C15H20N2O2S/c1-19-14(18)12-6-8-13(9-7-12)16-15(20)17-10-4-2-3-5-11-17/h6-9H,2-5,10-11H2,1H3,(H,16,20). The highest BCUT2D eigenvalue weighted by atomic mass is 32.1. The van der Waals surface area contributed by atoms with Gasteiger partial charge in [-0.2, -0.15) is 0 Å². The molecule has 1 fully saturated rings. The van der Waals surface area contributed by atoms with E-state index in [2.05, 4.69) is 15.0 Å². The molecule has 0 saturated carbocycles. The third-order valence-corrected chi connectivity index (χ3v) is 3.81. The minimum Gasteiger partial charge on any atom is -0.465 e. The molecular formula is C15H20N2O2S. The van der Waals surface area contributed by atoms with Gasteiger partial charge in [-0.05, 0) is 49.3 Å². The lowest BCUT2D eigenvalue weighted by Gasteiger charge is -2.23. The maximum Gasteiger partial charge on any atom is 0.337 e. The van der Waals surface area contributed by atoms with Crippen LogP contribution in [0.15, 0.2) is 24.3 Å². The zero-order chi connectivity index (χ0) is 14.4. The van der Waals surface area contributed by atoms with E-state index in [-0.39, 0.29) is 5.97 Å². The van der Waals surface area contributed by atoms with Gasteiger partial charge in [0.05, 0.1) is 12.7 Å². The number of anilines is 1. The largest absolute Gasteiger partial charge is 0.465 e. The van der Waals surface area contributed by atoms with Crippen molar-refractivity contribution >= 4 is 29.0 Å². The van der Waals surface area contributed by atoms with Gasteiger partial charge in [-0.25, -0.2) is 4.79 Å². The topological polar surface area (TPSA) is 41.6 Å². The molecule has 2 rings (SSSR count). The maximum absolute atomic E-state index is 11.4. The van der Waals surface area contributed by atoms with Crippen LogP contribution < -0.4 is 5.32 Å². The van der Waals surface area contributed by atoms with Gasteiger partial charge in [-0.1, -0.05) is 12.8 Å². The second-order valence-corrected chi connectivity index (χ2v) is 5.29. The molecule has 1 saturated heterocycles. The van der Waals surface area contributed by atoms with Crippen LogP contribution in [0.3, 0.4) is 0 Å². The fourth-order valence-corrected chi connectivity index (χ4v) is 2.58. The van der Waals surface area contributed by atoms with E-state index >= 15 is 0 Å². The Morgan fingerprint density at radius 3 is 2.30 bits per heavy atom. The molecule has 0 amide bonds. The number of benzene rings is 1. The Morgan fingerprint density at radius 1 is 1.15 bits per heavy atom. The Kier molecular flexibility index (Phi) is 5.35. The van der Waals surface area contributed by atoms with Gasteiger partial charge < -0.3 is 15.0 Å². The molecule has 1 aliphatic heterocycles. The van der Waals surface area contributed by atoms with Crippen LogP contribution in [0, 0.1) is 0 Å². The number of nitrogens with zero attached hydrogens (tertiary/aromatic N) is 1. The highest BCUT2D eigenvalue weighted by Crippen LogP contribution is 2.14. The van der Waals surface area contributed by atoms with Crippen molar-refractivity contribution in [1.82, 2.24) is 4.90 Å². The van der Waals surface area contributed by atoms with Crippen molar-refractivity contribution in [3.63, 3.8) is 0 Å². The van der Waals surface area contributed by atoms with E-state index in [0.29, 0.717) is 5.56 Å². The highest BCUT2D eigenvalue weighted by Gasteiger charge is 2.12. The summed E-state index contributed by atoms with van der Waals surface area (Å²) in [6.45, 7) is 2.04. The summed E-state index contributed by atoms with van der Waals surface area (Å²) in [6, 6.07) is 7.16. The molecule has 0 spiro atoms. The molecule has 5 heteroatoms. The molecule has 0 bridgehead atoms. The quantitative estimate of drug-likeness (QED) is 0.670. The summed E-state index contributed by atoms with van der Waals surface area (Å²) in [4.78, 5) is 13.6. The Morgan fingerprint density at radius 2 is 1.75 bits per heavy atom. The van der Waals surface area contributed by atoms with Crippen LogP contribution in [0.2, 0.25) is 0 Å². The van der Waals surface area contributed by atoms with Gasteiger partial charge in [0, 0.05) is 18.8 Å². The minimum atomic E-state index is -0.327. The molecule has 0 aromatic heterocycles. The lowest BCUT2D eigenvalue weighted by Crippen LogP contribution is -2.35. The Bertz CT molecular complexity index is 465. The lowest BCUT2D eigenvalue weighted by molar-refractivity contribution is 0.0601. The van der Waals surface area contributed by atoms with E-state index in [9.17, 15) is 4.79 Å². The average Bonchev–Trinajstić information content (AvgIpc) is 2.76. The number of carbonyl (C=O) groups excluding carboxylic acids is 1. The van der Waals surface area contributed by atoms with Crippen molar-refractivity contribution in [1.29, 1.82) is 0 Å². The molecule has 1 aromatic rings. The molecule has 0 unspecified atom stereocenters. The number of nitrogens with one attached hydrogen (secondary N) is 1. The summed E-state index contributed by atoms with van der Waals surface area (Å²) in [5, 5.41) is 3.99. The van der Waals surface area contributed by atoms with Crippen LogP contribution >= 0.6 is 12.2 Å². The van der Waals surface area contributed by atoms with Crippen LogP contribution in [0.4, 0.5) is 5.69 Å². The number of hydrogen-bond donors (Lipinski definition) is 1. The summed E-state index contributed by atoms with van der Waals surface area (Å²) >= 11 is 5.45. The summed E-state index contributed by atoms with van der Waals surface area (Å²) in [5.41, 5.74) is 1.44. The first-order valence-corrected chi connectivity index (χ1v) is 7.36.